The molecule has 96 valence electrons. The first kappa shape index (κ1) is 14.0. The first-order valence-corrected chi connectivity index (χ1v) is 7.60. The molecule has 0 aromatic heterocycles. The molecule has 1 nitrogen and oxygen atoms in total. The van der Waals surface area contributed by atoms with Crippen LogP contribution < -0.4 is 5.32 Å². The van der Waals surface area contributed by atoms with Crippen molar-refractivity contribution >= 4 is 0 Å². The van der Waals surface area contributed by atoms with Crippen LogP contribution in [-0.4, -0.2) is 12.6 Å². The summed E-state index contributed by atoms with van der Waals surface area (Å²) in [6.45, 7) is 5.89. The van der Waals surface area contributed by atoms with E-state index in [4.69, 9.17) is 0 Å². The Kier molecular flexibility index (Phi) is 7.92. The lowest BCUT2D eigenvalue weighted by atomic mass is 9.93. The van der Waals surface area contributed by atoms with Gasteiger partial charge in [-0.1, -0.05) is 58.8 Å². The zero-order valence-electron chi connectivity index (χ0n) is 11.4. The van der Waals surface area contributed by atoms with E-state index < -0.39 is 0 Å². The standard InChI is InChI=1S/C15H31N/c1-3-8-14(9-4-2)12-13-16-15-10-6-5-7-11-15/h14-16H,3-13H2,1-2H3. The summed E-state index contributed by atoms with van der Waals surface area (Å²) < 4.78 is 0. The molecule has 0 spiro atoms. The minimum absolute atomic E-state index is 0.845. The first-order chi connectivity index (χ1) is 7.86. The first-order valence-electron chi connectivity index (χ1n) is 7.60. The molecule has 1 saturated carbocycles. The number of hydrogen-bond acceptors (Lipinski definition) is 1. The van der Waals surface area contributed by atoms with Crippen molar-refractivity contribution in [3.63, 3.8) is 0 Å². The van der Waals surface area contributed by atoms with Gasteiger partial charge in [0.25, 0.3) is 0 Å². The molecule has 0 aromatic rings. The van der Waals surface area contributed by atoms with Gasteiger partial charge in [-0.3, -0.25) is 0 Å². The Balaban J connectivity index is 2.06. The summed E-state index contributed by atoms with van der Waals surface area (Å²) in [5, 5.41) is 3.77. The van der Waals surface area contributed by atoms with Crippen LogP contribution in [0.25, 0.3) is 0 Å². The smallest absolute Gasteiger partial charge is 0.00670 e. The predicted octanol–water partition coefficient (Wildman–Crippen LogP) is 4.52. The summed E-state index contributed by atoms with van der Waals surface area (Å²) in [6.07, 6.45) is 14.2. The third-order valence-corrected chi connectivity index (χ3v) is 3.98. The molecule has 0 unspecified atom stereocenters. The molecule has 1 aliphatic carbocycles. The van der Waals surface area contributed by atoms with Crippen molar-refractivity contribution < 1.29 is 0 Å². The Morgan fingerprint density at radius 2 is 1.56 bits per heavy atom. The quantitative estimate of drug-likeness (QED) is 0.640. The van der Waals surface area contributed by atoms with Crippen LogP contribution in [0, 0.1) is 5.92 Å². The van der Waals surface area contributed by atoms with Crippen LogP contribution in [0.15, 0.2) is 0 Å². The second-order valence-corrected chi connectivity index (χ2v) is 5.52. The van der Waals surface area contributed by atoms with Gasteiger partial charge in [-0.2, -0.15) is 0 Å². The molecule has 1 N–H and O–H groups in total. The molecule has 0 bridgehead atoms. The SMILES string of the molecule is CCCC(CCC)CCNC1CCCCC1. The van der Waals surface area contributed by atoms with E-state index in [1.165, 1.54) is 70.8 Å². The van der Waals surface area contributed by atoms with Gasteiger partial charge in [-0.25, -0.2) is 0 Å². The lowest BCUT2D eigenvalue weighted by Gasteiger charge is -2.24. The Morgan fingerprint density at radius 1 is 0.938 bits per heavy atom. The van der Waals surface area contributed by atoms with Crippen LogP contribution in [-0.2, 0) is 0 Å². The molecule has 0 aliphatic heterocycles. The summed E-state index contributed by atoms with van der Waals surface area (Å²) >= 11 is 0. The molecule has 0 radical (unpaired) electrons. The fraction of sp³-hybridized carbons (Fsp3) is 1.00. The van der Waals surface area contributed by atoms with E-state index in [2.05, 4.69) is 19.2 Å². The van der Waals surface area contributed by atoms with E-state index >= 15 is 0 Å². The highest BCUT2D eigenvalue weighted by Crippen LogP contribution is 2.19. The maximum atomic E-state index is 3.77. The third-order valence-electron chi connectivity index (χ3n) is 3.98. The van der Waals surface area contributed by atoms with Gasteiger partial charge in [-0.05, 0) is 31.7 Å². The van der Waals surface area contributed by atoms with E-state index in [1.807, 2.05) is 0 Å². The second-order valence-electron chi connectivity index (χ2n) is 5.52. The summed E-state index contributed by atoms with van der Waals surface area (Å²) in [6, 6.07) is 0.845. The minimum Gasteiger partial charge on any atom is -0.314 e. The number of hydrogen-bond donors (Lipinski definition) is 1. The molecule has 0 saturated heterocycles. The van der Waals surface area contributed by atoms with Gasteiger partial charge in [0, 0.05) is 6.04 Å². The van der Waals surface area contributed by atoms with Crippen molar-refractivity contribution in [3.8, 4) is 0 Å². The topological polar surface area (TPSA) is 12.0 Å². The monoisotopic (exact) mass is 225 g/mol. The fourth-order valence-electron chi connectivity index (χ4n) is 3.05. The van der Waals surface area contributed by atoms with Gasteiger partial charge < -0.3 is 5.32 Å². The van der Waals surface area contributed by atoms with Crippen molar-refractivity contribution in [2.24, 2.45) is 5.92 Å². The summed E-state index contributed by atoms with van der Waals surface area (Å²) in [5.74, 6) is 0.978. The predicted molar refractivity (Wildman–Crippen MR) is 72.8 cm³/mol. The van der Waals surface area contributed by atoms with E-state index in [1.54, 1.807) is 0 Å². The summed E-state index contributed by atoms with van der Waals surface area (Å²) in [4.78, 5) is 0. The molecule has 1 aliphatic rings. The van der Waals surface area contributed by atoms with Gasteiger partial charge in [0.15, 0.2) is 0 Å². The van der Waals surface area contributed by atoms with Gasteiger partial charge in [0.1, 0.15) is 0 Å². The van der Waals surface area contributed by atoms with Crippen molar-refractivity contribution in [2.45, 2.75) is 84.1 Å². The number of rotatable bonds is 8. The molecule has 1 heteroatoms. The van der Waals surface area contributed by atoms with E-state index in [0.29, 0.717) is 0 Å². The minimum atomic E-state index is 0.845. The molecule has 1 fully saturated rings. The average Bonchev–Trinajstić information content (AvgIpc) is 2.31. The maximum Gasteiger partial charge on any atom is 0.00670 e. The Hall–Kier alpha value is -0.0400. The zero-order chi connectivity index (χ0) is 11.6. The Bertz CT molecular complexity index is 144. The van der Waals surface area contributed by atoms with Crippen LogP contribution >= 0.6 is 0 Å². The van der Waals surface area contributed by atoms with E-state index in [-0.39, 0.29) is 0 Å². The fourth-order valence-corrected chi connectivity index (χ4v) is 3.05. The second kappa shape index (κ2) is 9.04. The van der Waals surface area contributed by atoms with E-state index in [9.17, 15) is 0 Å². The highest BCUT2D eigenvalue weighted by molar-refractivity contribution is 4.72. The molecular weight excluding hydrogens is 194 g/mol. The molecule has 1 rings (SSSR count). The molecule has 16 heavy (non-hydrogen) atoms. The van der Waals surface area contributed by atoms with Gasteiger partial charge in [0.05, 0.1) is 0 Å². The van der Waals surface area contributed by atoms with E-state index in [0.717, 1.165) is 12.0 Å². The number of nitrogens with one attached hydrogen (secondary N) is 1. The molecule has 0 atom stereocenters. The van der Waals surface area contributed by atoms with Crippen LogP contribution in [0.4, 0.5) is 0 Å². The van der Waals surface area contributed by atoms with Crippen molar-refractivity contribution in [2.75, 3.05) is 6.54 Å². The zero-order valence-corrected chi connectivity index (χ0v) is 11.4. The normalized spacial score (nSPS) is 18.2. The summed E-state index contributed by atoms with van der Waals surface area (Å²) in [5.41, 5.74) is 0. The van der Waals surface area contributed by atoms with Crippen LogP contribution in [0.3, 0.4) is 0 Å². The van der Waals surface area contributed by atoms with Crippen molar-refractivity contribution in [3.05, 3.63) is 0 Å². The van der Waals surface area contributed by atoms with Gasteiger partial charge in [-0.15, -0.1) is 0 Å². The highest BCUT2D eigenvalue weighted by atomic mass is 14.9. The van der Waals surface area contributed by atoms with Crippen LogP contribution in [0.1, 0.15) is 78.1 Å². The van der Waals surface area contributed by atoms with Crippen molar-refractivity contribution in [1.29, 1.82) is 0 Å². The van der Waals surface area contributed by atoms with Crippen molar-refractivity contribution in [1.82, 2.24) is 5.32 Å². The highest BCUT2D eigenvalue weighted by Gasteiger charge is 2.13. The molecule has 0 heterocycles. The third kappa shape index (κ3) is 5.89. The Labute approximate surface area is 102 Å². The molecule has 0 aromatic carbocycles. The molecule has 0 amide bonds. The Morgan fingerprint density at radius 3 is 2.12 bits per heavy atom. The van der Waals surface area contributed by atoms with Gasteiger partial charge in [0.2, 0.25) is 0 Å². The van der Waals surface area contributed by atoms with Gasteiger partial charge >= 0.3 is 0 Å². The lowest BCUT2D eigenvalue weighted by molar-refractivity contribution is 0.342. The van der Waals surface area contributed by atoms with Crippen LogP contribution in [0.2, 0.25) is 0 Å². The average molecular weight is 225 g/mol. The molecular formula is C15H31N. The lowest BCUT2D eigenvalue weighted by Crippen LogP contribution is -2.32. The maximum absolute atomic E-state index is 3.77. The summed E-state index contributed by atoms with van der Waals surface area (Å²) in [7, 11) is 0. The largest absolute Gasteiger partial charge is 0.314 e. The van der Waals surface area contributed by atoms with Crippen LogP contribution in [0.5, 0.6) is 0 Å².